The van der Waals surface area contributed by atoms with Gasteiger partial charge in [-0.15, -0.1) is 0 Å². The quantitative estimate of drug-likeness (QED) is 0.933. The minimum Gasteiger partial charge on any atom is -0.366 e. The summed E-state index contributed by atoms with van der Waals surface area (Å²) in [7, 11) is 0. The number of aryl methyl sites for hydroxylation is 1. The van der Waals surface area contributed by atoms with E-state index < -0.39 is 0 Å². The summed E-state index contributed by atoms with van der Waals surface area (Å²) in [5.41, 5.74) is 2.75. The summed E-state index contributed by atoms with van der Waals surface area (Å²) in [5.74, 6) is 0.903. The van der Waals surface area contributed by atoms with Gasteiger partial charge in [0.2, 0.25) is 0 Å². The third-order valence-electron chi connectivity index (χ3n) is 5.28. The number of carbonyl (C=O) groups excluding carboxylic acids is 1. The lowest BCUT2D eigenvalue weighted by Gasteiger charge is -2.27. The molecular weight excluding hydrogens is 314 g/mol. The summed E-state index contributed by atoms with van der Waals surface area (Å²) >= 11 is 0. The third-order valence-corrected chi connectivity index (χ3v) is 5.28. The second-order valence-corrected chi connectivity index (χ2v) is 6.77. The minimum absolute atomic E-state index is 0.0171. The van der Waals surface area contributed by atoms with E-state index in [2.05, 4.69) is 51.0 Å². The number of hydrogen-bond donors (Lipinski definition) is 1. The summed E-state index contributed by atoms with van der Waals surface area (Å²) in [6, 6.07) is 9.03. The smallest absolute Gasteiger partial charge is 0.317 e. The predicted molar refractivity (Wildman–Crippen MR) is 97.6 cm³/mol. The number of benzene rings is 1. The molecule has 1 saturated heterocycles. The first kappa shape index (κ1) is 16.0. The number of fused-ring (bicyclic) bond motifs is 3. The molecule has 0 unspecified atom stereocenters. The maximum Gasteiger partial charge on any atom is 0.317 e. The van der Waals surface area contributed by atoms with Gasteiger partial charge in [-0.3, -0.25) is 0 Å². The van der Waals surface area contributed by atoms with Gasteiger partial charge >= 0.3 is 6.03 Å². The van der Waals surface area contributed by atoms with Gasteiger partial charge in [-0.2, -0.15) is 0 Å². The van der Waals surface area contributed by atoms with E-state index >= 15 is 0 Å². The lowest BCUT2D eigenvalue weighted by molar-refractivity contribution is 0.197. The lowest BCUT2D eigenvalue weighted by atomic mass is 10.1. The normalized spacial score (nSPS) is 19.3. The molecule has 132 valence electrons. The molecule has 1 atom stereocenters. The Morgan fingerprint density at radius 3 is 3.08 bits per heavy atom. The number of urea groups is 1. The van der Waals surface area contributed by atoms with Gasteiger partial charge in [-0.05, 0) is 31.4 Å². The molecule has 0 radical (unpaired) electrons. The third kappa shape index (κ3) is 3.08. The molecule has 4 rings (SSSR count). The highest BCUT2D eigenvalue weighted by Crippen LogP contribution is 2.33. The van der Waals surface area contributed by atoms with E-state index in [4.69, 9.17) is 0 Å². The Labute approximate surface area is 148 Å². The van der Waals surface area contributed by atoms with E-state index in [0.717, 1.165) is 44.8 Å². The first-order valence-corrected chi connectivity index (χ1v) is 9.13. The van der Waals surface area contributed by atoms with Crippen LogP contribution in [0.2, 0.25) is 0 Å². The van der Waals surface area contributed by atoms with Crippen molar-refractivity contribution in [3.63, 3.8) is 0 Å². The van der Waals surface area contributed by atoms with Crippen molar-refractivity contribution in [2.24, 2.45) is 0 Å². The van der Waals surface area contributed by atoms with E-state index in [9.17, 15) is 4.79 Å². The fourth-order valence-electron chi connectivity index (χ4n) is 4.01. The van der Waals surface area contributed by atoms with Gasteiger partial charge in [-0.25, -0.2) is 9.78 Å². The summed E-state index contributed by atoms with van der Waals surface area (Å²) in [6.45, 7) is 6.03. The van der Waals surface area contributed by atoms with Crippen molar-refractivity contribution in [2.75, 3.05) is 24.5 Å². The molecular formula is C19H25N5O. The van der Waals surface area contributed by atoms with Crippen LogP contribution in [0.3, 0.4) is 0 Å². The number of imidazole rings is 1. The Balaban J connectivity index is 1.40. The van der Waals surface area contributed by atoms with Crippen LogP contribution >= 0.6 is 0 Å². The maximum atomic E-state index is 12.7. The summed E-state index contributed by atoms with van der Waals surface area (Å²) in [6.07, 6.45) is 5.76. The number of carbonyl (C=O) groups is 1. The summed E-state index contributed by atoms with van der Waals surface area (Å²) < 4.78 is 2.05. The van der Waals surface area contributed by atoms with Crippen molar-refractivity contribution in [3.05, 3.63) is 48.0 Å². The molecule has 6 nitrogen and oxygen atoms in total. The average Bonchev–Trinajstić information content (AvgIpc) is 3.17. The van der Waals surface area contributed by atoms with E-state index in [0.29, 0.717) is 12.6 Å². The van der Waals surface area contributed by atoms with Crippen molar-refractivity contribution in [1.82, 2.24) is 19.8 Å². The SMILES string of the molecule is CCn1ccnc1CNC(=O)N1CCCN2c3ccccc3C[C@@H]2C1. The molecule has 2 aliphatic heterocycles. The van der Waals surface area contributed by atoms with Crippen LogP contribution < -0.4 is 10.2 Å². The monoisotopic (exact) mass is 339 g/mol. The molecule has 0 aliphatic carbocycles. The first-order chi connectivity index (χ1) is 12.3. The molecule has 0 spiro atoms. The molecule has 0 bridgehead atoms. The van der Waals surface area contributed by atoms with Crippen LogP contribution in [-0.4, -0.2) is 46.2 Å². The molecule has 1 aromatic heterocycles. The van der Waals surface area contributed by atoms with E-state index in [1.807, 2.05) is 11.1 Å². The highest BCUT2D eigenvalue weighted by molar-refractivity contribution is 5.74. The van der Waals surface area contributed by atoms with E-state index in [-0.39, 0.29) is 6.03 Å². The number of para-hydroxylation sites is 1. The Morgan fingerprint density at radius 1 is 1.32 bits per heavy atom. The van der Waals surface area contributed by atoms with Crippen LogP contribution in [0.1, 0.15) is 24.7 Å². The maximum absolute atomic E-state index is 12.7. The number of aromatic nitrogens is 2. The second-order valence-electron chi connectivity index (χ2n) is 6.77. The standard InChI is InChI=1S/C19H25N5O/c1-2-22-11-8-20-18(22)13-21-19(25)23-9-5-10-24-16(14-23)12-15-6-3-4-7-17(15)24/h3-4,6-8,11,16H,2,5,9-10,12-14H2,1H3,(H,21,25)/t16-/m1/s1. The zero-order chi connectivity index (χ0) is 17.2. The molecule has 2 amide bonds. The molecule has 2 aliphatic rings. The highest BCUT2D eigenvalue weighted by atomic mass is 16.2. The molecule has 6 heteroatoms. The molecule has 1 fully saturated rings. The van der Waals surface area contributed by atoms with Crippen LogP contribution in [0, 0.1) is 0 Å². The molecule has 2 aromatic rings. The predicted octanol–water partition coefficient (Wildman–Crippen LogP) is 2.25. The van der Waals surface area contributed by atoms with Gasteiger partial charge in [0.1, 0.15) is 5.82 Å². The Bertz CT molecular complexity index is 756. The summed E-state index contributed by atoms with van der Waals surface area (Å²) in [4.78, 5) is 21.4. The lowest BCUT2D eigenvalue weighted by Crippen LogP contribution is -2.45. The van der Waals surface area contributed by atoms with Gasteiger partial charge in [-0.1, -0.05) is 18.2 Å². The number of hydrogen-bond acceptors (Lipinski definition) is 3. The van der Waals surface area contributed by atoms with Crippen molar-refractivity contribution >= 4 is 11.7 Å². The van der Waals surface area contributed by atoms with Crippen molar-refractivity contribution in [3.8, 4) is 0 Å². The van der Waals surface area contributed by atoms with Gasteiger partial charge < -0.3 is 19.7 Å². The molecule has 1 N–H and O–H groups in total. The Morgan fingerprint density at radius 2 is 2.20 bits per heavy atom. The van der Waals surface area contributed by atoms with Crippen LogP contribution in [0.5, 0.6) is 0 Å². The number of anilines is 1. The fourth-order valence-corrected chi connectivity index (χ4v) is 4.01. The number of nitrogens with zero attached hydrogens (tertiary/aromatic N) is 4. The Hall–Kier alpha value is -2.50. The molecule has 25 heavy (non-hydrogen) atoms. The molecule has 1 aromatic carbocycles. The number of nitrogens with one attached hydrogen (secondary N) is 1. The van der Waals surface area contributed by atoms with Gasteiger partial charge in [0.15, 0.2) is 0 Å². The van der Waals surface area contributed by atoms with Gasteiger partial charge in [0.05, 0.1) is 12.6 Å². The topological polar surface area (TPSA) is 53.4 Å². The molecule has 3 heterocycles. The zero-order valence-corrected chi connectivity index (χ0v) is 14.7. The fraction of sp³-hybridized carbons (Fsp3) is 0.474. The van der Waals surface area contributed by atoms with E-state index in [1.54, 1.807) is 6.20 Å². The largest absolute Gasteiger partial charge is 0.366 e. The van der Waals surface area contributed by atoms with Gasteiger partial charge in [0, 0.05) is 44.3 Å². The minimum atomic E-state index is 0.0171. The van der Waals surface area contributed by atoms with Crippen molar-refractivity contribution in [2.45, 2.75) is 38.9 Å². The second kappa shape index (κ2) is 6.78. The van der Waals surface area contributed by atoms with Gasteiger partial charge in [0.25, 0.3) is 0 Å². The zero-order valence-electron chi connectivity index (χ0n) is 14.7. The van der Waals surface area contributed by atoms with Crippen LogP contribution in [0.4, 0.5) is 10.5 Å². The number of rotatable bonds is 3. The molecule has 0 saturated carbocycles. The average molecular weight is 339 g/mol. The number of amides is 2. The Kier molecular flexibility index (Phi) is 4.34. The highest BCUT2D eigenvalue weighted by Gasteiger charge is 2.33. The van der Waals surface area contributed by atoms with Crippen LogP contribution in [0.15, 0.2) is 36.7 Å². The van der Waals surface area contributed by atoms with Crippen LogP contribution in [-0.2, 0) is 19.5 Å². The van der Waals surface area contributed by atoms with E-state index in [1.165, 1.54) is 11.3 Å². The summed E-state index contributed by atoms with van der Waals surface area (Å²) in [5, 5.41) is 3.04. The van der Waals surface area contributed by atoms with Crippen molar-refractivity contribution in [1.29, 1.82) is 0 Å². The first-order valence-electron chi connectivity index (χ1n) is 9.13. The van der Waals surface area contributed by atoms with Crippen LogP contribution in [0.25, 0.3) is 0 Å². The van der Waals surface area contributed by atoms with Crippen molar-refractivity contribution < 1.29 is 4.79 Å².